The van der Waals surface area contributed by atoms with Gasteiger partial charge >= 0.3 is 0 Å². The van der Waals surface area contributed by atoms with Gasteiger partial charge in [-0.15, -0.1) is 0 Å². The van der Waals surface area contributed by atoms with Crippen molar-refractivity contribution in [3.8, 4) is 0 Å². The Morgan fingerprint density at radius 1 is 1.22 bits per heavy atom. The van der Waals surface area contributed by atoms with E-state index in [1.807, 2.05) is 4.90 Å². The molecule has 2 saturated heterocycles. The van der Waals surface area contributed by atoms with Gasteiger partial charge in [0.15, 0.2) is 0 Å². The molecular weight excluding hydrogens is 226 g/mol. The summed E-state index contributed by atoms with van der Waals surface area (Å²) in [5, 5.41) is 0. The fraction of sp³-hybridized carbons (Fsp3) is 0.929. The first-order valence-corrected chi connectivity index (χ1v) is 7.50. The van der Waals surface area contributed by atoms with Crippen LogP contribution < -0.4 is 5.73 Å². The molecule has 4 heteroatoms. The van der Waals surface area contributed by atoms with Crippen molar-refractivity contribution in [3.05, 3.63) is 0 Å². The van der Waals surface area contributed by atoms with Crippen LogP contribution in [0.2, 0.25) is 0 Å². The van der Waals surface area contributed by atoms with Crippen molar-refractivity contribution in [1.82, 2.24) is 9.80 Å². The van der Waals surface area contributed by atoms with Gasteiger partial charge in [0.05, 0.1) is 6.04 Å². The van der Waals surface area contributed by atoms with Crippen LogP contribution in [0.1, 0.15) is 45.4 Å². The van der Waals surface area contributed by atoms with E-state index in [9.17, 15) is 4.79 Å². The highest BCUT2D eigenvalue weighted by atomic mass is 16.2. The molecule has 0 aromatic carbocycles. The van der Waals surface area contributed by atoms with Gasteiger partial charge in [-0.3, -0.25) is 9.69 Å². The molecule has 18 heavy (non-hydrogen) atoms. The maximum absolute atomic E-state index is 12.6. The van der Waals surface area contributed by atoms with Crippen molar-refractivity contribution in [2.45, 2.75) is 57.5 Å². The van der Waals surface area contributed by atoms with Gasteiger partial charge in [0.1, 0.15) is 0 Å². The lowest BCUT2D eigenvalue weighted by Crippen LogP contribution is -2.55. The second kappa shape index (κ2) is 6.53. The normalized spacial score (nSPS) is 30.4. The second-order valence-corrected chi connectivity index (χ2v) is 5.73. The number of nitrogens with zero attached hydrogens (tertiary/aromatic N) is 2. The first kappa shape index (κ1) is 13.8. The Balaban J connectivity index is 1.96. The Bertz CT molecular complexity index is 280. The standard InChI is InChI=1S/C14H27N3O/c1-2-8-16-9-4-3-7-13(16)14(18)17-10-5-6-12(15)11-17/h12-13H,2-11,15H2,1H3. The maximum Gasteiger partial charge on any atom is 0.239 e. The Kier molecular flexibility index (Phi) is 5.01. The van der Waals surface area contributed by atoms with Gasteiger partial charge in [0.25, 0.3) is 0 Å². The summed E-state index contributed by atoms with van der Waals surface area (Å²) in [6, 6.07) is 0.315. The first-order chi connectivity index (χ1) is 8.72. The summed E-state index contributed by atoms with van der Waals surface area (Å²) in [5.41, 5.74) is 5.98. The molecule has 2 fully saturated rings. The van der Waals surface area contributed by atoms with Gasteiger partial charge in [-0.2, -0.15) is 0 Å². The second-order valence-electron chi connectivity index (χ2n) is 5.73. The van der Waals surface area contributed by atoms with Gasteiger partial charge < -0.3 is 10.6 Å². The Hall–Kier alpha value is -0.610. The topological polar surface area (TPSA) is 49.6 Å². The summed E-state index contributed by atoms with van der Waals surface area (Å²) in [6.07, 6.45) is 6.72. The van der Waals surface area contributed by atoms with Gasteiger partial charge in [0, 0.05) is 19.1 Å². The number of piperidine rings is 2. The van der Waals surface area contributed by atoms with Crippen molar-refractivity contribution in [2.24, 2.45) is 5.73 Å². The van der Waals surface area contributed by atoms with Gasteiger partial charge in [-0.25, -0.2) is 0 Å². The summed E-state index contributed by atoms with van der Waals surface area (Å²) >= 11 is 0. The highest BCUT2D eigenvalue weighted by molar-refractivity contribution is 5.82. The average Bonchev–Trinajstić information content (AvgIpc) is 2.39. The number of rotatable bonds is 3. The van der Waals surface area contributed by atoms with Crippen molar-refractivity contribution >= 4 is 5.91 Å². The third-order valence-corrected chi connectivity index (χ3v) is 4.18. The third kappa shape index (κ3) is 3.23. The molecule has 0 radical (unpaired) electrons. The zero-order valence-corrected chi connectivity index (χ0v) is 11.6. The molecule has 4 nitrogen and oxygen atoms in total. The predicted octanol–water partition coefficient (Wildman–Crippen LogP) is 1.20. The average molecular weight is 253 g/mol. The molecular formula is C14H27N3O. The van der Waals surface area contributed by atoms with Crippen molar-refractivity contribution in [2.75, 3.05) is 26.2 Å². The minimum atomic E-state index is 0.129. The molecule has 2 atom stereocenters. The number of amides is 1. The zero-order valence-electron chi connectivity index (χ0n) is 11.6. The summed E-state index contributed by atoms with van der Waals surface area (Å²) in [7, 11) is 0. The van der Waals surface area contributed by atoms with Crippen LogP contribution in [0.15, 0.2) is 0 Å². The van der Waals surface area contributed by atoms with Crippen LogP contribution in [0.3, 0.4) is 0 Å². The minimum Gasteiger partial charge on any atom is -0.340 e. The van der Waals surface area contributed by atoms with E-state index in [-0.39, 0.29) is 12.1 Å². The molecule has 0 aliphatic carbocycles. The van der Waals surface area contributed by atoms with E-state index in [2.05, 4.69) is 11.8 Å². The number of hydrogen-bond acceptors (Lipinski definition) is 3. The van der Waals surface area contributed by atoms with Crippen LogP contribution in [0.25, 0.3) is 0 Å². The van der Waals surface area contributed by atoms with Crippen LogP contribution in [-0.4, -0.2) is 54.0 Å². The van der Waals surface area contributed by atoms with Crippen LogP contribution in [0, 0.1) is 0 Å². The summed E-state index contributed by atoms with van der Waals surface area (Å²) < 4.78 is 0. The van der Waals surface area contributed by atoms with Crippen LogP contribution in [-0.2, 0) is 4.79 Å². The molecule has 2 N–H and O–H groups in total. The van der Waals surface area contributed by atoms with Crippen LogP contribution in [0.5, 0.6) is 0 Å². The fourth-order valence-electron chi connectivity index (χ4n) is 3.25. The van der Waals surface area contributed by atoms with Crippen molar-refractivity contribution in [1.29, 1.82) is 0 Å². The number of carbonyl (C=O) groups excluding carboxylic acids is 1. The van der Waals surface area contributed by atoms with E-state index < -0.39 is 0 Å². The molecule has 1 amide bonds. The molecule has 0 spiro atoms. The van der Waals surface area contributed by atoms with E-state index in [4.69, 9.17) is 5.73 Å². The fourth-order valence-corrected chi connectivity index (χ4v) is 3.25. The van der Waals surface area contributed by atoms with Gasteiger partial charge in [0.2, 0.25) is 5.91 Å². The minimum absolute atomic E-state index is 0.129. The highest BCUT2D eigenvalue weighted by Crippen LogP contribution is 2.21. The molecule has 0 saturated carbocycles. The number of likely N-dealkylation sites (tertiary alicyclic amines) is 2. The van der Waals surface area contributed by atoms with Crippen molar-refractivity contribution < 1.29 is 4.79 Å². The van der Waals surface area contributed by atoms with Crippen molar-refractivity contribution in [3.63, 3.8) is 0 Å². The smallest absolute Gasteiger partial charge is 0.239 e. The largest absolute Gasteiger partial charge is 0.340 e. The lowest BCUT2D eigenvalue weighted by atomic mass is 9.98. The Labute approximate surface area is 110 Å². The molecule has 0 bridgehead atoms. The lowest BCUT2D eigenvalue weighted by molar-refractivity contribution is -0.139. The van der Waals surface area contributed by atoms with E-state index in [0.29, 0.717) is 5.91 Å². The van der Waals surface area contributed by atoms with E-state index in [1.165, 1.54) is 12.8 Å². The van der Waals surface area contributed by atoms with Crippen LogP contribution >= 0.6 is 0 Å². The Morgan fingerprint density at radius 3 is 2.78 bits per heavy atom. The monoisotopic (exact) mass is 253 g/mol. The SMILES string of the molecule is CCCN1CCCCC1C(=O)N1CCCC(N)C1. The number of hydrogen-bond donors (Lipinski definition) is 1. The number of carbonyl (C=O) groups is 1. The van der Waals surface area contributed by atoms with Gasteiger partial charge in [-0.05, 0) is 45.2 Å². The zero-order chi connectivity index (χ0) is 13.0. The van der Waals surface area contributed by atoms with Crippen LogP contribution in [0.4, 0.5) is 0 Å². The maximum atomic E-state index is 12.6. The quantitative estimate of drug-likeness (QED) is 0.822. The molecule has 2 unspecified atom stereocenters. The predicted molar refractivity (Wildman–Crippen MR) is 73.3 cm³/mol. The molecule has 104 valence electrons. The van der Waals surface area contributed by atoms with Gasteiger partial charge in [-0.1, -0.05) is 13.3 Å². The number of nitrogens with two attached hydrogens (primary N) is 1. The molecule has 0 aromatic rings. The van der Waals surface area contributed by atoms with E-state index in [0.717, 1.165) is 51.9 Å². The molecule has 2 aliphatic rings. The molecule has 2 rings (SSSR count). The first-order valence-electron chi connectivity index (χ1n) is 7.50. The highest BCUT2D eigenvalue weighted by Gasteiger charge is 2.32. The van der Waals surface area contributed by atoms with E-state index in [1.54, 1.807) is 0 Å². The summed E-state index contributed by atoms with van der Waals surface area (Å²) in [5.74, 6) is 0.332. The molecule has 0 aromatic heterocycles. The lowest BCUT2D eigenvalue weighted by Gasteiger charge is -2.39. The summed E-state index contributed by atoms with van der Waals surface area (Å²) in [6.45, 7) is 5.99. The molecule has 2 aliphatic heterocycles. The molecule has 2 heterocycles. The summed E-state index contributed by atoms with van der Waals surface area (Å²) in [4.78, 5) is 17.0. The Morgan fingerprint density at radius 2 is 2.06 bits per heavy atom. The van der Waals surface area contributed by atoms with E-state index >= 15 is 0 Å². The third-order valence-electron chi connectivity index (χ3n) is 4.18.